The molecule has 6 heteroatoms. The van der Waals surface area contributed by atoms with E-state index in [0.717, 1.165) is 0 Å². The van der Waals surface area contributed by atoms with Crippen molar-refractivity contribution in [3.8, 4) is 0 Å². The number of carboxylic acids is 1. The van der Waals surface area contributed by atoms with Crippen molar-refractivity contribution >= 4 is 11.7 Å². The number of carbonyl (C=O) groups is 1. The summed E-state index contributed by atoms with van der Waals surface area (Å²) >= 11 is 0. The van der Waals surface area contributed by atoms with Crippen molar-refractivity contribution < 1.29 is 14.8 Å². The van der Waals surface area contributed by atoms with Crippen LogP contribution >= 0.6 is 0 Å². The maximum Gasteiger partial charge on any atom is 0.305 e. The average molecular weight is 224 g/mol. The second-order valence-electron chi connectivity index (χ2n) is 3.79. The Morgan fingerprint density at radius 1 is 1.50 bits per heavy atom. The van der Waals surface area contributed by atoms with E-state index < -0.39 is 16.4 Å². The number of nitro groups is 1. The first kappa shape index (κ1) is 12.1. The summed E-state index contributed by atoms with van der Waals surface area (Å²) in [5.74, 6) is -1.01. The second-order valence-corrected chi connectivity index (χ2v) is 3.79. The molecule has 1 aromatic carbocycles. The topological polar surface area (TPSA) is 106 Å². The predicted octanol–water partition coefficient (Wildman–Crippen LogP) is 1.24. The Balaban J connectivity index is 2.96. The van der Waals surface area contributed by atoms with E-state index >= 15 is 0 Å². The number of aliphatic carboxylic acids is 1. The van der Waals surface area contributed by atoms with Crippen LogP contribution in [0.1, 0.15) is 18.9 Å². The molecule has 0 amide bonds. The van der Waals surface area contributed by atoms with Gasteiger partial charge in [0.25, 0.3) is 5.69 Å². The Hall–Kier alpha value is -1.95. The van der Waals surface area contributed by atoms with Crippen molar-refractivity contribution in [2.45, 2.75) is 18.9 Å². The fourth-order valence-electron chi connectivity index (χ4n) is 1.38. The van der Waals surface area contributed by atoms with Crippen LogP contribution in [0.5, 0.6) is 0 Å². The number of hydrogen-bond acceptors (Lipinski definition) is 4. The van der Waals surface area contributed by atoms with Gasteiger partial charge < -0.3 is 10.8 Å². The lowest BCUT2D eigenvalue weighted by Crippen LogP contribution is -2.35. The predicted molar refractivity (Wildman–Crippen MR) is 56.9 cm³/mol. The Labute approximate surface area is 91.8 Å². The molecule has 1 unspecified atom stereocenters. The Morgan fingerprint density at radius 3 is 2.38 bits per heavy atom. The van der Waals surface area contributed by atoms with E-state index in [2.05, 4.69) is 0 Å². The van der Waals surface area contributed by atoms with Gasteiger partial charge in [0.1, 0.15) is 0 Å². The van der Waals surface area contributed by atoms with E-state index in [9.17, 15) is 14.9 Å². The molecule has 0 aromatic heterocycles. The summed E-state index contributed by atoms with van der Waals surface area (Å²) in [5, 5.41) is 19.1. The summed E-state index contributed by atoms with van der Waals surface area (Å²) in [4.78, 5) is 20.5. The fraction of sp³-hybridized carbons (Fsp3) is 0.300. The van der Waals surface area contributed by atoms with Crippen molar-refractivity contribution in [1.29, 1.82) is 0 Å². The number of benzene rings is 1. The third-order valence-corrected chi connectivity index (χ3v) is 2.26. The van der Waals surface area contributed by atoms with Crippen molar-refractivity contribution in [3.63, 3.8) is 0 Å². The molecule has 0 radical (unpaired) electrons. The summed E-state index contributed by atoms with van der Waals surface area (Å²) in [6.45, 7) is 1.57. The van der Waals surface area contributed by atoms with E-state index in [1.54, 1.807) is 6.92 Å². The average Bonchev–Trinajstić information content (AvgIpc) is 2.16. The Morgan fingerprint density at radius 2 is 2.00 bits per heavy atom. The lowest BCUT2D eigenvalue weighted by atomic mass is 9.90. The van der Waals surface area contributed by atoms with Gasteiger partial charge >= 0.3 is 5.97 Å². The molecule has 0 aliphatic rings. The summed E-state index contributed by atoms with van der Waals surface area (Å²) in [6.07, 6.45) is -0.231. The molecular formula is C10H12N2O4. The maximum atomic E-state index is 10.6. The fourth-order valence-corrected chi connectivity index (χ4v) is 1.38. The molecule has 0 aliphatic heterocycles. The van der Waals surface area contributed by atoms with Gasteiger partial charge in [-0.1, -0.05) is 12.1 Å². The highest BCUT2D eigenvalue weighted by Crippen LogP contribution is 2.23. The molecule has 0 saturated carbocycles. The van der Waals surface area contributed by atoms with Crippen molar-refractivity contribution in [2.24, 2.45) is 5.73 Å². The van der Waals surface area contributed by atoms with Gasteiger partial charge in [-0.15, -0.1) is 0 Å². The Bertz CT molecular complexity index is 411. The minimum atomic E-state index is -1.03. The lowest BCUT2D eigenvalue weighted by molar-refractivity contribution is -0.384. The molecule has 16 heavy (non-hydrogen) atoms. The molecule has 0 heterocycles. The minimum Gasteiger partial charge on any atom is -0.481 e. The van der Waals surface area contributed by atoms with E-state index in [1.807, 2.05) is 0 Å². The molecule has 0 fully saturated rings. The van der Waals surface area contributed by atoms with E-state index in [0.29, 0.717) is 5.56 Å². The highest BCUT2D eigenvalue weighted by Gasteiger charge is 2.25. The van der Waals surface area contributed by atoms with E-state index in [4.69, 9.17) is 10.8 Å². The number of non-ortho nitro benzene ring substituents is 1. The molecule has 1 aromatic rings. The molecule has 0 spiro atoms. The zero-order valence-electron chi connectivity index (χ0n) is 8.71. The zero-order valence-corrected chi connectivity index (χ0v) is 8.71. The SMILES string of the molecule is CC(N)(CC(=O)O)c1ccc([N+](=O)[O-])cc1. The van der Waals surface area contributed by atoms with Gasteiger partial charge in [0, 0.05) is 17.7 Å². The number of nitrogens with two attached hydrogens (primary N) is 1. The number of hydrogen-bond donors (Lipinski definition) is 2. The molecule has 0 bridgehead atoms. The first-order valence-electron chi connectivity index (χ1n) is 4.58. The summed E-state index contributed by atoms with van der Waals surface area (Å²) < 4.78 is 0. The first-order valence-corrected chi connectivity index (χ1v) is 4.58. The third-order valence-electron chi connectivity index (χ3n) is 2.26. The maximum absolute atomic E-state index is 10.6. The minimum absolute atomic E-state index is 0.0464. The highest BCUT2D eigenvalue weighted by atomic mass is 16.6. The van der Waals surface area contributed by atoms with E-state index in [-0.39, 0.29) is 12.1 Å². The second kappa shape index (κ2) is 4.28. The number of nitro benzene ring substituents is 1. The lowest BCUT2D eigenvalue weighted by Gasteiger charge is -2.22. The van der Waals surface area contributed by atoms with Crippen LogP contribution in [0.3, 0.4) is 0 Å². The highest BCUT2D eigenvalue weighted by molar-refractivity contribution is 5.68. The molecule has 86 valence electrons. The van der Waals surface area contributed by atoms with Crippen molar-refractivity contribution in [3.05, 3.63) is 39.9 Å². The van der Waals surface area contributed by atoms with Crippen molar-refractivity contribution in [2.75, 3.05) is 0 Å². The van der Waals surface area contributed by atoms with Crippen LogP contribution in [0.15, 0.2) is 24.3 Å². The van der Waals surface area contributed by atoms with E-state index in [1.165, 1.54) is 24.3 Å². The van der Waals surface area contributed by atoms with Crippen LogP contribution in [-0.4, -0.2) is 16.0 Å². The molecule has 6 nitrogen and oxygen atoms in total. The van der Waals surface area contributed by atoms with Crippen LogP contribution < -0.4 is 5.73 Å². The third kappa shape index (κ3) is 2.77. The standard InChI is InChI=1S/C10H12N2O4/c1-10(11,6-9(13)14)7-2-4-8(5-3-7)12(15)16/h2-5H,6,11H2,1H3,(H,13,14). The van der Waals surface area contributed by atoms with Gasteiger partial charge in [-0.25, -0.2) is 0 Å². The largest absolute Gasteiger partial charge is 0.481 e. The molecule has 1 rings (SSSR count). The van der Waals surface area contributed by atoms with Crippen LogP contribution in [0.4, 0.5) is 5.69 Å². The molecule has 3 N–H and O–H groups in total. The molecular weight excluding hydrogens is 212 g/mol. The molecule has 0 aliphatic carbocycles. The normalized spacial score (nSPS) is 14.1. The Kier molecular flexibility index (Phi) is 3.24. The van der Waals surface area contributed by atoms with Crippen LogP contribution in [0.2, 0.25) is 0 Å². The molecule has 0 saturated heterocycles. The van der Waals surface area contributed by atoms with Gasteiger partial charge in [-0.2, -0.15) is 0 Å². The quantitative estimate of drug-likeness (QED) is 0.591. The van der Waals surface area contributed by atoms with Gasteiger partial charge in [0.15, 0.2) is 0 Å². The van der Waals surface area contributed by atoms with Crippen LogP contribution in [-0.2, 0) is 10.3 Å². The van der Waals surface area contributed by atoms with Gasteiger partial charge in [0.05, 0.1) is 11.3 Å². The van der Waals surface area contributed by atoms with Gasteiger partial charge in [-0.3, -0.25) is 14.9 Å². The van der Waals surface area contributed by atoms with Gasteiger partial charge in [0.2, 0.25) is 0 Å². The number of nitrogens with zero attached hydrogens (tertiary/aromatic N) is 1. The monoisotopic (exact) mass is 224 g/mol. The zero-order chi connectivity index (χ0) is 12.3. The van der Waals surface area contributed by atoms with Crippen molar-refractivity contribution in [1.82, 2.24) is 0 Å². The first-order chi connectivity index (χ1) is 7.33. The van der Waals surface area contributed by atoms with Crippen LogP contribution in [0.25, 0.3) is 0 Å². The van der Waals surface area contributed by atoms with Gasteiger partial charge in [-0.05, 0) is 12.5 Å². The molecule has 1 atom stereocenters. The summed E-state index contributed by atoms with van der Waals surface area (Å²) in [5.41, 5.74) is 5.30. The smallest absolute Gasteiger partial charge is 0.305 e. The number of rotatable bonds is 4. The van der Waals surface area contributed by atoms with Crippen LogP contribution in [0, 0.1) is 10.1 Å². The summed E-state index contributed by atoms with van der Waals surface area (Å²) in [6, 6.07) is 5.56. The summed E-state index contributed by atoms with van der Waals surface area (Å²) in [7, 11) is 0. The number of carboxylic acid groups (broad SMARTS) is 1.